The summed E-state index contributed by atoms with van der Waals surface area (Å²) in [5.41, 5.74) is 1.08. The molecule has 0 saturated carbocycles. The lowest BCUT2D eigenvalue weighted by Gasteiger charge is -2.18. The Morgan fingerprint density at radius 3 is 2.62 bits per heavy atom. The van der Waals surface area contributed by atoms with Crippen molar-refractivity contribution in [3.63, 3.8) is 0 Å². The maximum atomic E-state index is 14.4. The van der Waals surface area contributed by atoms with Gasteiger partial charge in [-0.25, -0.2) is 12.8 Å². The van der Waals surface area contributed by atoms with Crippen LogP contribution in [0.1, 0.15) is 18.4 Å². The first kappa shape index (κ1) is 20.6. The maximum Gasteiger partial charge on any atom is 0.264 e. The van der Waals surface area contributed by atoms with Crippen LogP contribution in [0.2, 0.25) is 0 Å². The number of ether oxygens (including phenoxy) is 1. The first-order chi connectivity index (χ1) is 13.8. The van der Waals surface area contributed by atoms with E-state index < -0.39 is 20.7 Å². The summed E-state index contributed by atoms with van der Waals surface area (Å²) >= 11 is 0. The highest BCUT2D eigenvalue weighted by Crippen LogP contribution is 2.29. The van der Waals surface area contributed by atoms with Crippen molar-refractivity contribution < 1.29 is 27.1 Å². The average molecular weight is 421 g/mol. The normalized spacial score (nSPS) is 13.2. The summed E-state index contributed by atoms with van der Waals surface area (Å²) in [7, 11) is -2.63. The van der Waals surface area contributed by atoms with Crippen molar-refractivity contribution >= 4 is 33.2 Å². The second kappa shape index (κ2) is 8.48. The number of nitrogens with one attached hydrogen (secondary N) is 3. The van der Waals surface area contributed by atoms with Crippen LogP contribution >= 0.6 is 0 Å². The van der Waals surface area contributed by atoms with Crippen LogP contribution in [0.5, 0.6) is 5.75 Å². The van der Waals surface area contributed by atoms with Gasteiger partial charge in [0.25, 0.3) is 10.0 Å². The molecule has 0 unspecified atom stereocenters. The fourth-order valence-electron chi connectivity index (χ4n) is 2.80. The Bertz CT molecular complexity index is 1040. The van der Waals surface area contributed by atoms with Crippen LogP contribution in [0.25, 0.3) is 0 Å². The SMILES string of the molecule is CNC(=O)CCOc1ccc(NS(=O)(=O)c2cc3c(cc2F)NC(=O)CC3)cc1. The van der Waals surface area contributed by atoms with E-state index in [0.717, 1.165) is 6.07 Å². The third-order valence-corrected chi connectivity index (χ3v) is 5.72. The van der Waals surface area contributed by atoms with Gasteiger partial charge in [-0.15, -0.1) is 0 Å². The fraction of sp³-hybridized carbons (Fsp3) is 0.263. The Hall–Kier alpha value is -3.14. The molecule has 0 bridgehead atoms. The minimum atomic E-state index is -4.17. The Kier molecular flexibility index (Phi) is 6.02. The van der Waals surface area contributed by atoms with Crippen LogP contribution < -0.4 is 20.1 Å². The number of sulfonamides is 1. The summed E-state index contributed by atoms with van der Waals surface area (Å²) in [5, 5.41) is 5.01. The van der Waals surface area contributed by atoms with Crippen LogP contribution in [-0.4, -0.2) is 33.9 Å². The molecule has 2 aromatic carbocycles. The van der Waals surface area contributed by atoms with Gasteiger partial charge < -0.3 is 15.4 Å². The molecule has 0 spiro atoms. The van der Waals surface area contributed by atoms with Crippen molar-refractivity contribution in [2.45, 2.75) is 24.2 Å². The van der Waals surface area contributed by atoms with E-state index in [-0.39, 0.29) is 42.6 Å². The molecule has 154 valence electrons. The van der Waals surface area contributed by atoms with Crippen LogP contribution in [-0.2, 0) is 26.0 Å². The zero-order valence-corrected chi connectivity index (χ0v) is 16.4. The van der Waals surface area contributed by atoms with E-state index >= 15 is 0 Å². The third kappa shape index (κ3) is 5.02. The first-order valence-electron chi connectivity index (χ1n) is 8.87. The highest BCUT2D eigenvalue weighted by atomic mass is 32.2. The third-order valence-electron chi connectivity index (χ3n) is 4.33. The lowest BCUT2D eigenvalue weighted by atomic mass is 10.0. The second-order valence-electron chi connectivity index (χ2n) is 6.39. The van der Waals surface area contributed by atoms with Crippen LogP contribution in [0.15, 0.2) is 41.3 Å². The summed E-state index contributed by atoms with van der Waals surface area (Å²) in [4.78, 5) is 22.1. The van der Waals surface area contributed by atoms with Crippen LogP contribution in [0, 0.1) is 5.82 Å². The number of amides is 2. The minimum absolute atomic E-state index is 0.152. The first-order valence-corrected chi connectivity index (χ1v) is 10.4. The van der Waals surface area contributed by atoms with E-state index in [2.05, 4.69) is 15.4 Å². The monoisotopic (exact) mass is 421 g/mol. The highest BCUT2D eigenvalue weighted by molar-refractivity contribution is 7.92. The zero-order valence-electron chi connectivity index (χ0n) is 15.6. The van der Waals surface area contributed by atoms with Gasteiger partial charge in [-0.3, -0.25) is 14.3 Å². The molecular formula is C19H20FN3O5S. The number of anilines is 2. The Morgan fingerprint density at radius 1 is 1.21 bits per heavy atom. The fourth-order valence-corrected chi connectivity index (χ4v) is 3.97. The molecule has 29 heavy (non-hydrogen) atoms. The summed E-state index contributed by atoms with van der Waals surface area (Å²) in [5.74, 6) is -0.871. The molecular weight excluding hydrogens is 401 g/mol. The molecule has 10 heteroatoms. The molecule has 8 nitrogen and oxygen atoms in total. The summed E-state index contributed by atoms with van der Waals surface area (Å²) in [6.07, 6.45) is 0.752. The van der Waals surface area contributed by atoms with E-state index in [1.54, 1.807) is 12.1 Å². The molecule has 0 aromatic heterocycles. The lowest BCUT2D eigenvalue weighted by molar-refractivity contribution is -0.121. The van der Waals surface area contributed by atoms with Gasteiger partial charge in [-0.2, -0.15) is 0 Å². The van der Waals surface area contributed by atoms with Gasteiger partial charge in [0.15, 0.2) is 0 Å². The Morgan fingerprint density at radius 2 is 1.93 bits per heavy atom. The maximum absolute atomic E-state index is 14.4. The highest BCUT2D eigenvalue weighted by Gasteiger charge is 2.24. The van der Waals surface area contributed by atoms with Gasteiger partial charge in [0.1, 0.15) is 16.5 Å². The molecule has 0 fully saturated rings. The van der Waals surface area contributed by atoms with Crippen molar-refractivity contribution in [2.24, 2.45) is 0 Å². The molecule has 3 N–H and O–H groups in total. The summed E-state index contributed by atoms with van der Waals surface area (Å²) < 4.78 is 47.4. The Labute approximate surface area is 167 Å². The molecule has 3 rings (SSSR count). The molecule has 1 heterocycles. The van der Waals surface area contributed by atoms with Gasteiger partial charge in [0, 0.05) is 24.8 Å². The predicted octanol–water partition coefficient (Wildman–Crippen LogP) is 2.03. The molecule has 2 aromatic rings. The molecule has 2 amide bonds. The predicted molar refractivity (Wildman–Crippen MR) is 105 cm³/mol. The van der Waals surface area contributed by atoms with Gasteiger partial charge in [0.05, 0.1) is 13.0 Å². The van der Waals surface area contributed by atoms with Gasteiger partial charge >= 0.3 is 0 Å². The van der Waals surface area contributed by atoms with Crippen LogP contribution in [0.4, 0.5) is 15.8 Å². The Balaban J connectivity index is 1.71. The minimum Gasteiger partial charge on any atom is -0.493 e. The van der Waals surface area contributed by atoms with Crippen molar-refractivity contribution in [1.29, 1.82) is 0 Å². The number of halogens is 1. The van der Waals surface area contributed by atoms with Gasteiger partial charge in [-0.1, -0.05) is 0 Å². The quantitative estimate of drug-likeness (QED) is 0.633. The molecule has 1 aliphatic rings. The summed E-state index contributed by atoms with van der Waals surface area (Å²) in [6.45, 7) is 0.182. The number of rotatable bonds is 7. The van der Waals surface area contributed by atoms with E-state index in [1.165, 1.54) is 25.2 Å². The average Bonchev–Trinajstić information content (AvgIpc) is 2.68. The molecule has 0 atom stereocenters. The second-order valence-corrected chi connectivity index (χ2v) is 8.04. The number of hydrogen-bond donors (Lipinski definition) is 3. The number of benzene rings is 2. The van der Waals surface area contributed by atoms with E-state index in [4.69, 9.17) is 4.74 Å². The number of hydrogen-bond acceptors (Lipinski definition) is 5. The zero-order chi connectivity index (χ0) is 21.0. The van der Waals surface area contributed by atoms with Crippen molar-refractivity contribution in [3.8, 4) is 5.75 Å². The van der Waals surface area contributed by atoms with E-state index in [9.17, 15) is 22.4 Å². The van der Waals surface area contributed by atoms with Crippen molar-refractivity contribution in [3.05, 3.63) is 47.8 Å². The van der Waals surface area contributed by atoms with E-state index in [0.29, 0.717) is 17.7 Å². The van der Waals surface area contributed by atoms with Crippen molar-refractivity contribution in [1.82, 2.24) is 5.32 Å². The number of carbonyl (C=O) groups is 2. The number of aryl methyl sites for hydroxylation is 1. The standard InChI is InChI=1S/C19H20FN3O5S/c1-21-18(24)8-9-28-14-5-3-13(4-6-14)23-29(26,27)17-10-12-2-7-19(25)22-16(12)11-15(17)20/h3-6,10-11,23H,2,7-9H2,1H3,(H,21,24)(H,22,25). The van der Waals surface area contributed by atoms with Crippen LogP contribution in [0.3, 0.4) is 0 Å². The number of carbonyl (C=O) groups excluding carboxylic acids is 2. The largest absolute Gasteiger partial charge is 0.493 e. The topological polar surface area (TPSA) is 114 Å². The van der Waals surface area contributed by atoms with Crippen molar-refractivity contribution in [2.75, 3.05) is 23.7 Å². The summed E-state index contributed by atoms with van der Waals surface area (Å²) in [6, 6.07) is 8.29. The molecule has 0 saturated heterocycles. The number of fused-ring (bicyclic) bond motifs is 1. The molecule has 1 aliphatic heterocycles. The smallest absolute Gasteiger partial charge is 0.264 e. The van der Waals surface area contributed by atoms with Gasteiger partial charge in [-0.05, 0) is 48.4 Å². The van der Waals surface area contributed by atoms with E-state index in [1.807, 2.05) is 0 Å². The molecule has 0 radical (unpaired) electrons. The molecule has 0 aliphatic carbocycles. The lowest BCUT2D eigenvalue weighted by Crippen LogP contribution is -2.21. The van der Waals surface area contributed by atoms with Gasteiger partial charge in [0.2, 0.25) is 11.8 Å².